The average molecular weight is 415 g/mol. The fourth-order valence-electron chi connectivity index (χ4n) is 3.73. The number of thioether (sulfide) groups is 1. The maximum Gasteiger partial charge on any atom is 0.350 e. The number of halogens is 1. The first-order chi connectivity index (χ1) is 14.1. The summed E-state index contributed by atoms with van der Waals surface area (Å²) in [6, 6.07) is 6.23. The number of hydrogen-bond donors (Lipinski definition) is 1. The highest BCUT2D eigenvalue weighted by Crippen LogP contribution is 2.25. The second kappa shape index (κ2) is 8.36. The third-order valence-electron chi connectivity index (χ3n) is 5.26. The molecule has 4 rings (SSSR count). The summed E-state index contributed by atoms with van der Waals surface area (Å²) >= 11 is 1.21. The van der Waals surface area contributed by atoms with Gasteiger partial charge in [0.15, 0.2) is 10.8 Å². The van der Waals surface area contributed by atoms with Gasteiger partial charge >= 0.3 is 5.69 Å². The predicted octanol–water partition coefficient (Wildman–Crippen LogP) is 3.11. The summed E-state index contributed by atoms with van der Waals surface area (Å²) < 4.78 is 14.4. The second-order valence-electron chi connectivity index (χ2n) is 7.08. The Morgan fingerprint density at radius 2 is 2.10 bits per heavy atom. The number of amides is 1. The van der Waals surface area contributed by atoms with Crippen molar-refractivity contribution in [1.82, 2.24) is 24.5 Å². The Hall–Kier alpha value is -2.68. The minimum absolute atomic E-state index is 0.0661. The molecule has 1 aliphatic heterocycles. The molecule has 1 amide bonds. The van der Waals surface area contributed by atoms with Crippen LogP contribution in [0.25, 0.3) is 16.8 Å². The second-order valence-corrected chi connectivity index (χ2v) is 8.05. The molecule has 152 valence electrons. The fraction of sp³-hybridized carbons (Fsp3) is 0.400. The molecular formula is C20H22FN5O2S. The Morgan fingerprint density at radius 1 is 1.31 bits per heavy atom. The number of likely N-dealkylation sites (tertiary alicyclic amines) is 1. The van der Waals surface area contributed by atoms with Gasteiger partial charge in [0.2, 0.25) is 5.91 Å². The van der Waals surface area contributed by atoms with Crippen LogP contribution in [-0.4, -0.2) is 48.7 Å². The maximum atomic E-state index is 13.2. The van der Waals surface area contributed by atoms with Crippen molar-refractivity contribution in [2.24, 2.45) is 0 Å². The van der Waals surface area contributed by atoms with E-state index in [0.29, 0.717) is 28.0 Å². The molecule has 29 heavy (non-hydrogen) atoms. The largest absolute Gasteiger partial charge is 0.350 e. The van der Waals surface area contributed by atoms with Crippen LogP contribution >= 0.6 is 11.8 Å². The summed E-state index contributed by atoms with van der Waals surface area (Å²) in [5.41, 5.74) is 1.29. The number of carbonyl (C=O) groups excluding carboxylic acids is 1. The van der Waals surface area contributed by atoms with Gasteiger partial charge in [0, 0.05) is 18.2 Å². The Kier molecular flexibility index (Phi) is 5.66. The molecule has 1 unspecified atom stereocenters. The van der Waals surface area contributed by atoms with Gasteiger partial charge in [-0.3, -0.25) is 9.78 Å². The molecule has 3 aromatic rings. The average Bonchev–Trinajstić information content (AvgIpc) is 3.17. The molecule has 1 N–H and O–H groups in total. The highest BCUT2D eigenvalue weighted by atomic mass is 32.2. The molecule has 0 bridgehead atoms. The molecule has 1 saturated heterocycles. The van der Waals surface area contributed by atoms with Crippen molar-refractivity contribution < 1.29 is 9.18 Å². The summed E-state index contributed by atoms with van der Waals surface area (Å²) in [5, 5.41) is 4.45. The topological polar surface area (TPSA) is 83.4 Å². The number of benzene rings is 1. The summed E-state index contributed by atoms with van der Waals surface area (Å²) in [6.45, 7) is 2.89. The monoisotopic (exact) mass is 415 g/mol. The Balaban J connectivity index is 1.56. The van der Waals surface area contributed by atoms with Crippen LogP contribution in [0.3, 0.4) is 0 Å². The number of carbonyl (C=O) groups is 1. The minimum Gasteiger partial charge on any atom is -0.339 e. The molecule has 7 nitrogen and oxygen atoms in total. The van der Waals surface area contributed by atoms with Gasteiger partial charge in [-0.05, 0) is 43.4 Å². The van der Waals surface area contributed by atoms with Gasteiger partial charge in [0.1, 0.15) is 5.82 Å². The lowest BCUT2D eigenvalue weighted by atomic mass is 10.0. The number of nitrogens with one attached hydrogen (secondary N) is 1. The van der Waals surface area contributed by atoms with Gasteiger partial charge in [0.25, 0.3) is 0 Å². The highest BCUT2D eigenvalue weighted by Gasteiger charge is 2.25. The van der Waals surface area contributed by atoms with E-state index >= 15 is 0 Å². The molecule has 1 fully saturated rings. The quantitative estimate of drug-likeness (QED) is 0.648. The van der Waals surface area contributed by atoms with E-state index in [-0.39, 0.29) is 17.5 Å². The summed E-state index contributed by atoms with van der Waals surface area (Å²) in [6.07, 6.45) is 5.72. The summed E-state index contributed by atoms with van der Waals surface area (Å²) in [4.78, 5) is 34.2. The molecule has 0 radical (unpaired) electrons. The van der Waals surface area contributed by atoms with Crippen LogP contribution in [0.5, 0.6) is 0 Å². The van der Waals surface area contributed by atoms with E-state index in [1.165, 1.54) is 34.6 Å². The Labute approximate surface area is 171 Å². The van der Waals surface area contributed by atoms with Gasteiger partial charge in [-0.15, -0.1) is 0 Å². The van der Waals surface area contributed by atoms with Crippen LogP contribution in [-0.2, 0) is 4.79 Å². The van der Waals surface area contributed by atoms with Crippen molar-refractivity contribution in [3.63, 3.8) is 0 Å². The first-order valence-electron chi connectivity index (χ1n) is 9.73. The van der Waals surface area contributed by atoms with Crippen molar-refractivity contribution >= 4 is 23.3 Å². The van der Waals surface area contributed by atoms with Crippen molar-refractivity contribution in [2.45, 2.75) is 43.8 Å². The zero-order valence-electron chi connectivity index (χ0n) is 16.1. The Bertz CT molecular complexity index is 1080. The van der Waals surface area contributed by atoms with Crippen molar-refractivity contribution in [1.29, 1.82) is 0 Å². The minimum atomic E-state index is -0.428. The van der Waals surface area contributed by atoms with Crippen LogP contribution in [0, 0.1) is 5.82 Å². The zero-order chi connectivity index (χ0) is 20.4. The Morgan fingerprint density at radius 3 is 2.86 bits per heavy atom. The molecule has 0 spiro atoms. The standard InChI is InChI=1S/C20H22FN5O2S/c1-2-15-5-3-4-10-25(15)17(27)12-29-19-23-18-16(11-22-26(18)20(28)24-19)13-6-8-14(21)9-7-13/h6-9,11,15H,2-5,10,12H2,1H3,(H,23,24,28). The molecule has 1 aliphatic rings. The van der Waals surface area contributed by atoms with E-state index in [1.807, 2.05) is 4.90 Å². The predicted molar refractivity (Wildman–Crippen MR) is 109 cm³/mol. The number of aromatic amines is 1. The summed E-state index contributed by atoms with van der Waals surface area (Å²) in [7, 11) is 0. The molecule has 1 atom stereocenters. The molecule has 2 aromatic heterocycles. The van der Waals surface area contributed by atoms with Crippen molar-refractivity contribution in [3.8, 4) is 11.1 Å². The number of hydrogen-bond acceptors (Lipinski definition) is 5. The van der Waals surface area contributed by atoms with Gasteiger partial charge in [-0.1, -0.05) is 30.8 Å². The summed E-state index contributed by atoms with van der Waals surface area (Å²) in [5.74, 6) is -0.0551. The lowest BCUT2D eigenvalue weighted by Crippen LogP contribution is -2.44. The van der Waals surface area contributed by atoms with E-state index < -0.39 is 5.69 Å². The molecule has 0 saturated carbocycles. The van der Waals surface area contributed by atoms with Crippen molar-refractivity contribution in [2.75, 3.05) is 12.3 Å². The molecule has 1 aromatic carbocycles. The normalized spacial score (nSPS) is 17.0. The molecule has 3 heterocycles. The first-order valence-corrected chi connectivity index (χ1v) is 10.7. The van der Waals surface area contributed by atoms with Crippen LogP contribution in [0.2, 0.25) is 0 Å². The van der Waals surface area contributed by atoms with E-state index in [4.69, 9.17) is 0 Å². The van der Waals surface area contributed by atoms with Gasteiger partial charge in [-0.25, -0.2) is 14.2 Å². The van der Waals surface area contributed by atoms with Gasteiger partial charge in [-0.2, -0.15) is 9.61 Å². The van der Waals surface area contributed by atoms with E-state index in [1.54, 1.807) is 12.1 Å². The number of aromatic nitrogens is 4. The zero-order valence-corrected chi connectivity index (χ0v) is 16.9. The first kappa shape index (κ1) is 19.6. The SMILES string of the molecule is CCC1CCCCN1C(=O)CSc1nc2c(-c3ccc(F)cc3)cnn2c(=O)[nH]1. The maximum absolute atomic E-state index is 13.2. The fourth-order valence-corrected chi connectivity index (χ4v) is 4.47. The van der Waals surface area contributed by atoms with E-state index in [0.717, 1.165) is 32.2 Å². The lowest BCUT2D eigenvalue weighted by molar-refractivity contribution is -0.132. The van der Waals surface area contributed by atoms with Crippen molar-refractivity contribution in [3.05, 3.63) is 46.8 Å². The van der Waals surface area contributed by atoms with Crippen LogP contribution in [0.1, 0.15) is 32.6 Å². The van der Waals surface area contributed by atoms with E-state index in [9.17, 15) is 14.0 Å². The number of nitrogens with zero attached hydrogens (tertiary/aromatic N) is 4. The molecular weight excluding hydrogens is 393 g/mol. The smallest absolute Gasteiger partial charge is 0.339 e. The number of fused-ring (bicyclic) bond motifs is 1. The number of H-pyrrole nitrogens is 1. The number of rotatable bonds is 5. The molecule has 9 heteroatoms. The van der Waals surface area contributed by atoms with Crippen LogP contribution in [0.15, 0.2) is 40.4 Å². The third kappa shape index (κ3) is 4.05. The highest BCUT2D eigenvalue weighted by molar-refractivity contribution is 7.99. The van der Waals surface area contributed by atoms with Crippen LogP contribution in [0.4, 0.5) is 4.39 Å². The third-order valence-corrected chi connectivity index (χ3v) is 6.12. The number of piperidine rings is 1. The lowest BCUT2D eigenvalue weighted by Gasteiger charge is -2.35. The van der Waals surface area contributed by atoms with E-state index in [2.05, 4.69) is 22.0 Å². The van der Waals surface area contributed by atoms with Gasteiger partial charge in [0.05, 0.1) is 11.9 Å². The van der Waals surface area contributed by atoms with Crippen LogP contribution < -0.4 is 5.69 Å². The molecule has 0 aliphatic carbocycles. The van der Waals surface area contributed by atoms with Gasteiger partial charge < -0.3 is 4.90 Å².